The van der Waals surface area contributed by atoms with Gasteiger partial charge in [-0.1, -0.05) is 23.1 Å². The summed E-state index contributed by atoms with van der Waals surface area (Å²) >= 11 is 2.70. The van der Waals surface area contributed by atoms with Gasteiger partial charge in [0.05, 0.1) is 18.6 Å². The molecule has 0 aliphatic heterocycles. The van der Waals surface area contributed by atoms with Crippen molar-refractivity contribution in [1.29, 1.82) is 0 Å². The van der Waals surface area contributed by atoms with Crippen LogP contribution < -0.4 is 10.6 Å². The third-order valence-corrected chi connectivity index (χ3v) is 6.21. The number of anilines is 2. The number of nitrogens with zero attached hydrogens (tertiary/aromatic N) is 3. The Morgan fingerprint density at radius 2 is 1.90 bits per heavy atom. The standard InChI is InChI=1S/C20H23N5O3S2/c1-3-25(4-2)18(27)14-7-9-15(10-8-14)22-17(26)13-29-20-24-23-19(30-20)21-12-16-6-5-11-28-16/h5-11H,3-4,12-13H2,1-2H3,(H,21,23)(H,22,26). The Morgan fingerprint density at radius 1 is 1.13 bits per heavy atom. The molecule has 30 heavy (non-hydrogen) atoms. The number of furan rings is 1. The monoisotopic (exact) mass is 445 g/mol. The van der Waals surface area contributed by atoms with Gasteiger partial charge in [-0.15, -0.1) is 10.2 Å². The van der Waals surface area contributed by atoms with E-state index in [1.165, 1.54) is 23.1 Å². The summed E-state index contributed by atoms with van der Waals surface area (Å²) in [6.07, 6.45) is 1.62. The van der Waals surface area contributed by atoms with Crippen molar-refractivity contribution in [3.05, 3.63) is 54.0 Å². The smallest absolute Gasteiger partial charge is 0.253 e. The number of aromatic nitrogens is 2. The highest BCUT2D eigenvalue weighted by molar-refractivity contribution is 8.01. The quantitative estimate of drug-likeness (QED) is 0.456. The van der Waals surface area contributed by atoms with Gasteiger partial charge in [0.2, 0.25) is 11.0 Å². The zero-order chi connectivity index (χ0) is 21.3. The van der Waals surface area contributed by atoms with Gasteiger partial charge in [-0.05, 0) is 50.2 Å². The van der Waals surface area contributed by atoms with Crippen LogP contribution in [0.2, 0.25) is 0 Å². The number of carbonyl (C=O) groups excluding carboxylic acids is 2. The zero-order valence-electron chi connectivity index (χ0n) is 16.8. The Kier molecular flexibility index (Phi) is 7.86. The van der Waals surface area contributed by atoms with Crippen LogP contribution in [0.25, 0.3) is 0 Å². The van der Waals surface area contributed by atoms with Crippen LogP contribution in [-0.4, -0.2) is 45.8 Å². The fourth-order valence-electron chi connectivity index (χ4n) is 2.63. The van der Waals surface area contributed by atoms with Crippen molar-refractivity contribution in [2.45, 2.75) is 24.7 Å². The lowest BCUT2D eigenvalue weighted by molar-refractivity contribution is -0.113. The minimum atomic E-state index is -0.150. The minimum Gasteiger partial charge on any atom is -0.467 e. The normalized spacial score (nSPS) is 10.6. The number of thioether (sulfide) groups is 1. The molecular formula is C20H23N5O3S2. The summed E-state index contributed by atoms with van der Waals surface area (Å²) in [5.74, 6) is 0.861. The van der Waals surface area contributed by atoms with Crippen molar-refractivity contribution in [2.24, 2.45) is 0 Å². The molecule has 2 aromatic heterocycles. The van der Waals surface area contributed by atoms with Crippen LogP contribution in [0.3, 0.4) is 0 Å². The van der Waals surface area contributed by atoms with Crippen LogP contribution in [0.1, 0.15) is 30.0 Å². The van der Waals surface area contributed by atoms with E-state index < -0.39 is 0 Å². The van der Waals surface area contributed by atoms with E-state index in [1.807, 2.05) is 26.0 Å². The largest absolute Gasteiger partial charge is 0.467 e. The van der Waals surface area contributed by atoms with Crippen molar-refractivity contribution in [3.63, 3.8) is 0 Å². The number of amides is 2. The van der Waals surface area contributed by atoms with Gasteiger partial charge in [-0.3, -0.25) is 9.59 Å². The van der Waals surface area contributed by atoms with Crippen molar-refractivity contribution < 1.29 is 14.0 Å². The van der Waals surface area contributed by atoms with Gasteiger partial charge in [0.25, 0.3) is 5.91 Å². The molecule has 1 aromatic carbocycles. The second kappa shape index (κ2) is 10.8. The van der Waals surface area contributed by atoms with E-state index >= 15 is 0 Å². The van der Waals surface area contributed by atoms with E-state index in [-0.39, 0.29) is 17.6 Å². The van der Waals surface area contributed by atoms with Crippen LogP contribution in [-0.2, 0) is 11.3 Å². The van der Waals surface area contributed by atoms with E-state index in [0.29, 0.717) is 40.4 Å². The summed E-state index contributed by atoms with van der Waals surface area (Å²) in [5, 5.41) is 14.8. The highest BCUT2D eigenvalue weighted by Gasteiger charge is 2.13. The molecule has 2 amide bonds. The second-order valence-corrected chi connectivity index (χ2v) is 8.40. The van der Waals surface area contributed by atoms with Crippen molar-refractivity contribution >= 4 is 45.7 Å². The molecule has 8 nitrogen and oxygen atoms in total. The first-order valence-electron chi connectivity index (χ1n) is 9.50. The van der Waals surface area contributed by atoms with Crippen molar-refractivity contribution in [1.82, 2.24) is 15.1 Å². The van der Waals surface area contributed by atoms with E-state index in [0.717, 1.165) is 5.76 Å². The first-order valence-corrected chi connectivity index (χ1v) is 11.3. The number of rotatable bonds is 10. The maximum Gasteiger partial charge on any atom is 0.253 e. The molecule has 0 fully saturated rings. The average molecular weight is 446 g/mol. The van der Waals surface area contributed by atoms with E-state index in [4.69, 9.17) is 4.42 Å². The molecule has 0 aliphatic rings. The topological polar surface area (TPSA) is 100 Å². The molecule has 0 atom stereocenters. The third-order valence-electron chi connectivity index (χ3n) is 4.19. The molecule has 158 valence electrons. The Hall–Kier alpha value is -2.85. The lowest BCUT2D eigenvalue weighted by Crippen LogP contribution is -2.30. The van der Waals surface area contributed by atoms with E-state index in [1.54, 1.807) is 35.4 Å². The maximum atomic E-state index is 12.3. The number of benzene rings is 1. The molecule has 0 bridgehead atoms. The van der Waals surface area contributed by atoms with Crippen molar-refractivity contribution in [3.8, 4) is 0 Å². The first kappa shape index (κ1) is 21.8. The van der Waals surface area contributed by atoms with Gasteiger partial charge in [0.1, 0.15) is 5.76 Å². The highest BCUT2D eigenvalue weighted by Crippen LogP contribution is 2.26. The molecule has 3 aromatic rings. The second-order valence-electron chi connectivity index (χ2n) is 6.20. The van der Waals surface area contributed by atoms with Crippen LogP contribution in [0, 0.1) is 0 Å². The Bertz CT molecular complexity index is 953. The first-order chi connectivity index (χ1) is 14.6. The van der Waals surface area contributed by atoms with Crippen LogP contribution in [0.4, 0.5) is 10.8 Å². The summed E-state index contributed by atoms with van der Waals surface area (Å²) in [6, 6.07) is 10.6. The minimum absolute atomic E-state index is 0.0128. The van der Waals surface area contributed by atoms with Gasteiger partial charge in [-0.2, -0.15) is 0 Å². The molecule has 0 saturated heterocycles. The highest BCUT2D eigenvalue weighted by atomic mass is 32.2. The summed E-state index contributed by atoms with van der Waals surface area (Å²) in [5.41, 5.74) is 1.25. The van der Waals surface area contributed by atoms with Crippen LogP contribution >= 0.6 is 23.1 Å². The molecular weight excluding hydrogens is 422 g/mol. The zero-order valence-corrected chi connectivity index (χ0v) is 18.4. The Morgan fingerprint density at radius 3 is 2.57 bits per heavy atom. The molecule has 0 unspecified atom stereocenters. The average Bonchev–Trinajstić information content (AvgIpc) is 3.44. The van der Waals surface area contributed by atoms with Crippen molar-refractivity contribution in [2.75, 3.05) is 29.5 Å². The van der Waals surface area contributed by atoms with Gasteiger partial charge in [0.15, 0.2) is 4.34 Å². The summed E-state index contributed by atoms with van der Waals surface area (Å²) < 4.78 is 5.96. The van der Waals surface area contributed by atoms with Crippen LogP contribution in [0.15, 0.2) is 51.4 Å². The van der Waals surface area contributed by atoms with Gasteiger partial charge in [-0.25, -0.2) is 0 Å². The molecule has 0 spiro atoms. The number of hydrogen-bond acceptors (Lipinski definition) is 8. The predicted octanol–water partition coefficient (Wildman–Crippen LogP) is 3.96. The van der Waals surface area contributed by atoms with E-state index in [9.17, 15) is 9.59 Å². The lowest BCUT2D eigenvalue weighted by Gasteiger charge is -2.18. The molecule has 2 heterocycles. The predicted molar refractivity (Wildman–Crippen MR) is 119 cm³/mol. The number of hydrogen-bond donors (Lipinski definition) is 2. The number of nitrogens with one attached hydrogen (secondary N) is 2. The molecule has 0 aliphatic carbocycles. The Labute approximate surface area is 183 Å². The van der Waals surface area contributed by atoms with Gasteiger partial charge < -0.3 is 20.0 Å². The Balaban J connectivity index is 1.45. The molecule has 2 N–H and O–H groups in total. The molecule has 10 heteroatoms. The number of carbonyl (C=O) groups is 2. The summed E-state index contributed by atoms with van der Waals surface area (Å²) in [6.45, 7) is 5.75. The SMILES string of the molecule is CCN(CC)C(=O)c1ccc(NC(=O)CSc2nnc(NCc3ccco3)s2)cc1. The van der Waals surface area contributed by atoms with E-state index in [2.05, 4.69) is 20.8 Å². The third kappa shape index (κ3) is 6.07. The van der Waals surface area contributed by atoms with Gasteiger partial charge in [0, 0.05) is 24.3 Å². The molecule has 0 saturated carbocycles. The maximum absolute atomic E-state index is 12.3. The fraction of sp³-hybridized carbons (Fsp3) is 0.300. The lowest BCUT2D eigenvalue weighted by atomic mass is 10.2. The molecule has 3 rings (SSSR count). The summed E-state index contributed by atoms with van der Waals surface area (Å²) in [4.78, 5) is 26.3. The fourth-order valence-corrected chi connectivity index (χ4v) is 4.18. The van der Waals surface area contributed by atoms with Gasteiger partial charge >= 0.3 is 0 Å². The molecule has 0 radical (unpaired) electrons. The summed E-state index contributed by atoms with van der Waals surface area (Å²) in [7, 11) is 0. The van der Waals surface area contributed by atoms with Crippen LogP contribution in [0.5, 0.6) is 0 Å².